The number of benzene rings is 1. The molecule has 1 amide bonds. The molecule has 96 valence electrons. The van der Waals surface area contributed by atoms with Gasteiger partial charge in [0.05, 0.1) is 5.56 Å². The number of aromatic nitrogens is 1. The molecule has 0 atom stereocenters. The molecule has 0 radical (unpaired) electrons. The minimum Gasteiger partial charge on any atom is -0.426 e. The largest absolute Gasteiger partial charge is 0.426 e. The number of hydrogen-bond donors (Lipinski definition) is 1. The lowest BCUT2D eigenvalue weighted by Gasteiger charge is -2.08. The maximum absolute atomic E-state index is 12.1. The fraction of sp³-hybridized carbons (Fsp3) is 0.0714. The van der Waals surface area contributed by atoms with Crippen LogP contribution in [-0.2, 0) is 4.79 Å². The van der Waals surface area contributed by atoms with Gasteiger partial charge in [0.25, 0.3) is 5.91 Å². The predicted octanol–water partition coefficient (Wildman–Crippen LogP) is 2.26. The normalized spacial score (nSPS) is 9.74. The molecule has 0 fully saturated rings. The Bertz CT molecular complexity index is 597. The first-order chi connectivity index (χ1) is 9.16. The molecule has 1 heterocycles. The zero-order valence-electron chi connectivity index (χ0n) is 10.3. The van der Waals surface area contributed by atoms with Gasteiger partial charge in [0.2, 0.25) is 0 Å². The quantitative estimate of drug-likeness (QED) is 0.675. The molecule has 2 rings (SSSR count). The van der Waals surface area contributed by atoms with E-state index in [9.17, 15) is 9.59 Å². The number of rotatable bonds is 3. The minimum atomic E-state index is -0.474. The lowest BCUT2D eigenvalue weighted by atomic mass is 10.2. The van der Waals surface area contributed by atoms with Crippen molar-refractivity contribution >= 4 is 17.7 Å². The third kappa shape index (κ3) is 3.38. The number of anilines is 1. The Labute approximate surface area is 110 Å². The van der Waals surface area contributed by atoms with Gasteiger partial charge in [-0.05, 0) is 24.3 Å². The number of ether oxygens (including phenoxy) is 1. The lowest BCUT2D eigenvalue weighted by molar-refractivity contribution is -0.131. The Morgan fingerprint density at radius 3 is 2.53 bits per heavy atom. The molecule has 1 aromatic carbocycles. The van der Waals surface area contributed by atoms with Crippen LogP contribution >= 0.6 is 0 Å². The Morgan fingerprint density at radius 2 is 1.84 bits per heavy atom. The van der Waals surface area contributed by atoms with Crippen LogP contribution in [0.5, 0.6) is 5.75 Å². The topological polar surface area (TPSA) is 68.3 Å². The number of nitrogens with one attached hydrogen (secondary N) is 1. The smallest absolute Gasteiger partial charge is 0.308 e. The highest BCUT2D eigenvalue weighted by Gasteiger charge is 2.13. The highest BCUT2D eigenvalue weighted by atomic mass is 16.5. The molecule has 0 bridgehead atoms. The highest BCUT2D eigenvalue weighted by molar-refractivity contribution is 6.06. The van der Waals surface area contributed by atoms with E-state index in [2.05, 4.69) is 10.3 Å². The predicted molar refractivity (Wildman–Crippen MR) is 69.9 cm³/mol. The molecular weight excluding hydrogens is 244 g/mol. The van der Waals surface area contributed by atoms with Crippen LogP contribution < -0.4 is 10.1 Å². The molecule has 0 aliphatic rings. The summed E-state index contributed by atoms with van der Waals surface area (Å²) in [6.45, 7) is 1.29. The van der Waals surface area contributed by atoms with Gasteiger partial charge in [-0.3, -0.25) is 9.59 Å². The van der Waals surface area contributed by atoms with Crippen LogP contribution in [0.2, 0.25) is 0 Å². The van der Waals surface area contributed by atoms with Gasteiger partial charge in [-0.25, -0.2) is 4.98 Å². The molecule has 2 aromatic rings. The van der Waals surface area contributed by atoms with Crippen molar-refractivity contribution in [1.82, 2.24) is 4.98 Å². The standard InChI is InChI=1S/C14H12N2O3/c1-10(17)19-12-7-3-2-6-11(12)14(18)16-13-8-4-5-9-15-13/h2-9H,1H3,(H,15,16,18). The van der Waals surface area contributed by atoms with Crippen LogP contribution in [0.3, 0.4) is 0 Å². The zero-order valence-corrected chi connectivity index (χ0v) is 10.3. The van der Waals surface area contributed by atoms with E-state index in [1.165, 1.54) is 6.92 Å². The molecule has 0 aliphatic heterocycles. The number of para-hydroxylation sites is 1. The monoisotopic (exact) mass is 256 g/mol. The molecule has 0 unspecified atom stereocenters. The van der Waals surface area contributed by atoms with Crippen molar-refractivity contribution in [3.8, 4) is 5.75 Å². The number of nitrogens with zero attached hydrogens (tertiary/aromatic N) is 1. The number of carbonyl (C=O) groups excluding carboxylic acids is 2. The average molecular weight is 256 g/mol. The number of amides is 1. The summed E-state index contributed by atoms with van der Waals surface area (Å²) < 4.78 is 4.98. The van der Waals surface area contributed by atoms with Crippen molar-refractivity contribution in [2.24, 2.45) is 0 Å². The van der Waals surface area contributed by atoms with Crippen molar-refractivity contribution in [3.63, 3.8) is 0 Å². The van der Waals surface area contributed by atoms with Gasteiger partial charge < -0.3 is 10.1 Å². The molecule has 19 heavy (non-hydrogen) atoms. The molecular formula is C14H12N2O3. The van der Waals surface area contributed by atoms with Gasteiger partial charge in [-0.1, -0.05) is 18.2 Å². The summed E-state index contributed by atoms with van der Waals surface area (Å²) in [5.74, 6) is -0.192. The first-order valence-corrected chi connectivity index (χ1v) is 5.66. The summed E-state index contributed by atoms with van der Waals surface area (Å²) in [5.41, 5.74) is 0.281. The van der Waals surface area contributed by atoms with Gasteiger partial charge in [-0.2, -0.15) is 0 Å². The fourth-order valence-electron chi connectivity index (χ4n) is 1.52. The summed E-state index contributed by atoms with van der Waals surface area (Å²) in [5, 5.41) is 2.63. The Morgan fingerprint density at radius 1 is 1.11 bits per heavy atom. The molecule has 5 nitrogen and oxygen atoms in total. The second-order valence-electron chi connectivity index (χ2n) is 3.76. The second kappa shape index (κ2) is 5.77. The molecule has 0 spiro atoms. The van der Waals surface area contributed by atoms with Gasteiger partial charge in [-0.15, -0.1) is 0 Å². The summed E-state index contributed by atoms with van der Waals surface area (Å²) in [6.07, 6.45) is 1.58. The van der Waals surface area contributed by atoms with E-state index in [1.807, 2.05) is 0 Å². The number of esters is 1. The summed E-state index contributed by atoms with van der Waals surface area (Å²) >= 11 is 0. The van der Waals surface area contributed by atoms with Crippen LogP contribution in [0, 0.1) is 0 Å². The van der Waals surface area contributed by atoms with Crippen LogP contribution in [0.1, 0.15) is 17.3 Å². The summed E-state index contributed by atoms with van der Waals surface area (Å²) in [6, 6.07) is 11.7. The lowest BCUT2D eigenvalue weighted by Crippen LogP contribution is -2.15. The SMILES string of the molecule is CC(=O)Oc1ccccc1C(=O)Nc1ccccn1. The molecule has 0 saturated carbocycles. The van der Waals surface area contributed by atoms with Crippen molar-refractivity contribution in [2.45, 2.75) is 6.92 Å². The van der Waals surface area contributed by atoms with Gasteiger partial charge >= 0.3 is 5.97 Å². The first-order valence-electron chi connectivity index (χ1n) is 5.66. The number of carbonyl (C=O) groups is 2. The molecule has 1 N–H and O–H groups in total. The van der Waals surface area contributed by atoms with Gasteiger partial charge in [0.15, 0.2) is 0 Å². The maximum Gasteiger partial charge on any atom is 0.308 e. The number of pyridine rings is 1. The Balaban J connectivity index is 2.21. The second-order valence-corrected chi connectivity index (χ2v) is 3.76. The van der Waals surface area contributed by atoms with Crippen LogP contribution in [0.4, 0.5) is 5.82 Å². The molecule has 0 aliphatic carbocycles. The van der Waals surface area contributed by atoms with E-state index in [1.54, 1.807) is 48.7 Å². The Hall–Kier alpha value is -2.69. The van der Waals surface area contributed by atoms with E-state index in [0.717, 1.165) is 0 Å². The van der Waals surface area contributed by atoms with Crippen molar-refractivity contribution in [2.75, 3.05) is 5.32 Å². The van der Waals surface area contributed by atoms with Gasteiger partial charge in [0, 0.05) is 13.1 Å². The third-order valence-electron chi connectivity index (χ3n) is 2.29. The highest BCUT2D eigenvalue weighted by Crippen LogP contribution is 2.19. The third-order valence-corrected chi connectivity index (χ3v) is 2.29. The van der Waals surface area contributed by atoms with Crippen LogP contribution in [0.15, 0.2) is 48.7 Å². The van der Waals surface area contributed by atoms with Gasteiger partial charge in [0.1, 0.15) is 11.6 Å². The van der Waals surface area contributed by atoms with E-state index in [-0.39, 0.29) is 17.2 Å². The van der Waals surface area contributed by atoms with E-state index in [4.69, 9.17) is 4.74 Å². The fourth-order valence-corrected chi connectivity index (χ4v) is 1.52. The van der Waals surface area contributed by atoms with E-state index >= 15 is 0 Å². The Kier molecular flexibility index (Phi) is 3.87. The molecule has 1 aromatic heterocycles. The van der Waals surface area contributed by atoms with E-state index in [0.29, 0.717) is 5.82 Å². The van der Waals surface area contributed by atoms with E-state index < -0.39 is 5.97 Å². The first kappa shape index (κ1) is 12.8. The van der Waals surface area contributed by atoms with Crippen molar-refractivity contribution in [3.05, 3.63) is 54.2 Å². The summed E-state index contributed by atoms with van der Waals surface area (Å²) in [4.78, 5) is 27.0. The van der Waals surface area contributed by atoms with Crippen molar-refractivity contribution < 1.29 is 14.3 Å². The zero-order chi connectivity index (χ0) is 13.7. The maximum atomic E-state index is 12.1. The van der Waals surface area contributed by atoms with Crippen LogP contribution in [0.25, 0.3) is 0 Å². The minimum absolute atomic E-state index is 0.225. The average Bonchev–Trinajstić information content (AvgIpc) is 2.39. The summed E-state index contributed by atoms with van der Waals surface area (Å²) in [7, 11) is 0. The van der Waals surface area contributed by atoms with Crippen LogP contribution in [-0.4, -0.2) is 16.9 Å². The molecule has 0 saturated heterocycles. The van der Waals surface area contributed by atoms with Crippen molar-refractivity contribution in [1.29, 1.82) is 0 Å². The molecule has 5 heteroatoms. The number of hydrogen-bond acceptors (Lipinski definition) is 4.